The Kier molecular flexibility index (Phi) is 8.92. The van der Waals surface area contributed by atoms with Crippen molar-refractivity contribution in [1.29, 1.82) is 0 Å². The Morgan fingerprint density at radius 1 is 1.21 bits per heavy atom. The highest BCUT2D eigenvalue weighted by molar-refractivity contribution is 7.45. The first kappa shape index (κ1) is 18.9. The van der Waals surface area contributed by atoms with Gasteiger partial charge in [-0.05, 0) is 13.8 Å². The van der Waals surface area contributed by atoms with E-state index in [0.29, 0.717) is 0 Å². The quantitative estimate of drug-likeness (QED) is 0.203. The van der Waals surface area contributed by atoms with Gasteiger partial charge in [0.25, 0.3) is 7.82 Å². The summed E-state index contributed by atoms with van der Waals surface area (Å²) in [4.78, 5) is 11.1. The third kappa shape index (κ3) is 8.64. The average Bonchev–Trinajstić information content (AvgIpc) is 2.30. The summed E-state index contributed by atoms with van der Waals surface area (Å²) in [5.41, 5.74) is 0. The highest BCUT2D eigenvalue weighted by atomic mass is 31.2. The molecule has 116 valence electrons. The van der Waals surface area contributed by atoms with Crippen LogP contribution in [-0.4, -0.2) is 64.8 Å². The van der Waals surface area contributed by atoms with Crippen LogP contribution in [0, 0.1) is 0 Å². The fourth-order valence-corrected chi connectivity index (χ4v) is 1.88. The Hall–Kier alpha value is -0.0900. The molecule has 0 aliphatic heterocycles. The van der Waals surface area contributed by atoms with Crippen molar-refractivity contribution in [3.05, 3.63) is 0 Å². The average molecular weight is 303 g/mol. The maximum Gasteiger partial charge on any atom is 0.268 e. The summed E-state index contributed by atoms with van der Waals surface area (Å²) in [7, 11) is -4.42. The second kappa shape index (κ2) is 8.96. The topological polar surface area (TPSA) is 149 Å². The first-order chi connectivity index (χ1) is 8.69. The highest BCUT2D eigenvalue weighted by Crippen LogP contribution is 2.39. The maximum atomic E-state index is 11.1. The zero-order valence-electron chi connectivity index (χ0n) is 10.7. The summed E-state index contributed by atoms with van der Waals surface area (Å²) in [6.07, 6.45) is -5.61. The molecule has 0 rings (SSSR count). The van der Waals surface area contributed by atoms with Crippen LogP contribution in [0.1, 0.15) is 13.8 Å². The minimum absolute atomic E-state index is 0.357. The molecular weight excluding hydrogens is 283 g/mol. The van der Waals surface area contributed by atoms with Gasteiger partial charge in [-0.2, -0.15) is 0 Å². The number of rotatable bonds is 10. The van der Waals surface area contributed by atoms with Crippen molar-refractivity contribution in [2.75, 3.05) is 19.8 Å². The van der Waals surface area contributed by atoms with Gasteiger partial charge in [-0.15, -0.1) is 0 Å². The number of hydrogen-bond donors (Lipinski definition) is 4. The van der Waals surface area contributed by atoms with Crippen LogP contribution in [0.4, 0.5) is 0 Å². The molecule has 0 aliphatic rings. The van der Waals surface area contributed by atoms with E-state index in [4.69, 9.17) is 10.2 Å². The SMILES string of the molecule is CC(C)OP(=O)([O-])OCCOC(O)C(O)C(O)CO. The van der Waals surface area contributed by atoms with E-state index in [2.05, 4.69) is 13.8 Å². The Bertz CT molecular complexity index is 285. The molecule has 0 saturated heterocycles. The predicted octanol–water partition coefficient (Wildman–Crippen LogP) is -2.05. The molecule has 4 atom stereocenters. The van der Waals surface area contributed by atoms with Crippen LogP contribution in [0.5, 0.6) is 0 Å². The zero-order valence-corrected chi connectivity index (χ0v) is 11.6. The molecule has 0 bridgehead atoms. The lowest BCUT2D eigenvalue weighted by Crippen LogP contribution is -2.41. The van der Waals surface area contributed by atoms with Crippen LogP contribution in [0.25, 0.3) is 0 Å². The third-order valence-corrected chi connectivity index (χ3v) is 3.01. The van der Waals surface area contributed by atoms with Crippen molar-refractivity contribution in [3.8, 4) is 0 Å². The van der Waals surface area contributed by atoms with Gasteiger partial charge >= 0.3 is 0 Å². The fourth-order valence-electron chi connectivity index (χ4n) is 1.00. The predicted molar refractivity (Wildman–Crippen MR) is 60.8 cm³/mol. The Morgan fingerprint density at radius 2 is 1.79 bits per heavy atom. The minimum atomic E-state index is -4.42. The van der Waals surface area contributed by atoms with Gasteiger partial charge in [-0.3, -0.25) is 4.57 Å². The summed E-state index contributed by atoms with van der Waals surface area (Å²) < 4.78 is 24.6. The highest BCUT2D eigenvalue weighted by Gasteiger charge is 2.24. The second-order valence-electron chi connectivity index (χ2n) is 3.94. The van der Waals surface area contributed by atoms with E-state index in [0.717, 1.165) is 0 Å². The molecule has 0 aliphatic carbocycles. The van der Waals surface area contributed by atoms with E-state index in [1.807, 2.05) is 0 Å². The van der Waals surface area contributed by atoms with Crippen molar-refractivity contribution in [1.82, 2.24) is 0 Å². The number of hydrogen-bond acceptors (Lipinski definition) is 9. The van der Waals surface area contributed by atoms with Crippen molar-refractivity contribution in [3.63, 3.8) is 0 Å². The lowest BCUT2D eigenvalue weighted by molar-refractivity contribution is -0.233. The smallest absolute Gasteiger partial charge is 0.268 e. The third-order valence-electron chi connectivity index (χ3n) is 1.83. The number of ether oxygens (including phenoxy) is 1. The lowest BCUT2D eigenvalue weighted by atomic mass is 10.2. The van der Waals surface area contributed by atoms with Crippen LogP contribution in [0.3, 0.4) is 0 Å². The lowest BCUT2D eigenvalue weighted by Gasteiger charge is -2.25. The molecule has 4 unspecified atom stereocenters. The molecule has 10 heteroatoms. The molecule has 0 heterocycles. The molecule has 0 aromatic carbocycles. The van der Waals surface area contributed by atoms with Crippen LogP contribution in [0.2, 0.25) is 0 Å². The summed E-state index contributed by atoms with van der Waals surface area (Å²) in [5, 5.41) is 35.9. The van der Waals surface area contributed by atoms with Gasteiger partial charge in [0.05, 0.1) is 25.9 Å². The molecule has 4 N–H and O–H groups in total. The molecule has 0 fully saturated rings. The number of phosphoric ester groups is 1. The number of aliphatic hydroxyl groups excluding tert-OH is 4. The monoisotopic (exact) mass is 303 g/mol. The Morgan fingerprint density at radius 3 is 2.26 bits per heavy atom. The zero-order chi connectivity index (χ0) is 15.1. The molecule has 0 amide bonds. The summed E-state index contributed by atoms with van der Waals surface area (Å²) in [6.45, 7) is 1.49. The van der Waals surface area contributed by atoms with E-state index in [1.165, 1.54) is 13.8 Å². The summed E-state index contributed by atoms with van der Waals surface area (Å²) in [5.74, 6) is 0. The molecule has 9 nitrogen and oxygen atoms in total. The van der Waals surface area contributed by atoms with E-state index >= 15 is 0 Å². The van der Waals surface area contributed by atoms with E-state index < -0.39 is 45.6 Å². The molecule has 19 heavy (non-hydrogen) atoms. The van der Waals surface area contributed by atoms with Crippen molar-refractivity contribution in [2.45, 2.75) is 38.4 Å². The minimum Gasteiger partial charge on any atom is -0.756 e. The molecule has 0 aromatic heterocycles. The summed E-state index contributed by atoms with van der Waals surface area (Å²) in [6, 6.07) is 0. The fraction of sp³-hybridized carbons (Fsp3) is 1.00. The van der Waals surface area contributed by atoms with Crippen molar-refractivity contribution in [2.24, 2.45) is 0 Å². The van der Waals surface area contributed by atoms with E-state index in [1.54, 1.807) is 0 Å². The summed E-state index contributed by atoms with van der Waals surface area (Å²) >= 11 is 0. The van der Waals surface area contributed by atoms with E-state index in [-0.39, 0.29) is 6.61 Å². The number of phosphoric acid groups is 1. The van der Waals surface area contributed by atoms with Gasteiger partial charge in [0.1, 0.15) is 12.2 Å². The van der Waals surface area contributed by atoms with Gasteiger partial charge in [-0.1, -0.05) is 0 Å². The Labute approximate surface area is 111 Å². The van der Waals surface area contributed by atoms with Crippen LogP contribution in [0.15, 0.2) is 0 Å². The number of aliphatic hydroxyl groups is 4. The molecular formula is C9H20O9P-. The van der Waals surface area contributed by atoms with Gasteiger partial charge in [0, 0.05) is 0 Å². The first-order valence-corrected chi connectivity index (χ1v) is 7.06. The van der Waals surface area contributed by atoms with E-state index in [9.17, 15) is 19.7 Å². The largest absolute Gasteiger partial charge is 0.756 e. The van der Waals surface area contributed by atoms with Crippen molar-refractivity contribution < 1.29 is 43.7 Å². The van der Waals surface area contributed by atoms with Crippen LogP contribution < -0.4 is 4.89 Å². The molecule has 0 radical (unpaired) electrons. The normalized spacial score (nSPS) is 20.0. The Balaban J connectivity index is 3.89. The van der Waals surface area contributed by atoms with Crippen molar-refractivity contribution >= 4 is 7.82 Å². The van der Waals surface area contributed by atoms with Gasteiger partial charge < -0.3 is 39.1 Å². The molecule has 0 spiro atoms. The van der Waals surface area contributed by atoms with Crippen LogP contribution >= 0.6 is 7.82 Å². The van der Waals surface area contributed by atoms with Crippen LogP contribution in [-0.2, 0) is 18.3 Å². The van der Waals surface area contributed by atoms with Gasteiger partial charge in [-0.25, -0.2) is 0 Å². The molecule has 0 aromatic rings. The van der Waals surface area contributed by atoms with Gasteiger partial charge in [0.15, 0.2) is 6.29 Å². The van der Waals surface area contributed by atoms with Gasteiger partial charge in [0.2, 0.25) is 0 Å². The second-order valence-corrected chi connectivity index (χ2v) is 5.30. The first-order valence-electron chi connectivity index (χ1n) is 5.60. The maximum absolute atomic E-state index is 11.1. The molecule has 0 saturated carbocycles. The standard InChI is InChI=1S/C9H21O9P/c1-6(2)18-19(14,15)17-4-3-16-9(13)8(12)7(11)5-10/h6-13H,3-5H2,1-2H3,(H,14,15)/p-1.